The lowest BCUT2D eigenvalue weighted by Gasteiger charge is -2.23. The SMILES string of the molecule is CN=C(NCC(C)SC)N(C)Cc1ccc(Br)cc1. The first kappa shape index (κ1) is 16.4. The molecule has 0 heterocycles. The van der Waals surface area contributed by atoms with E-state index in [4.69, 9.17) is 0 Å². The van der Waals surface area contributed by atoms with Crippen LogP contribution in [0.1, 0.15) is 12.5 Å². The van der Waals surface area contributed by atoms with Crippen LogP contribution in [0.2, 0.25) is 0 Å². The molecule has 1 aromatic rings. The fraction of sp³-hybridized carbons (Fsp3) is 0.500. The number of hydrogen-bond acceptors (Lipinski definition) is 2. The van der Waals surface area contributed by atoms with E-state index in [1.54, 1.807) is 0 Å². The third-order valence-electron chi connectivity index (χ3n) is 2.86. The first-order chi connectivity index (χ1) is 9.06. The Morgan fingerprint density at radius 3 is 2.58 bits per heavy atom. The Labute approximate surface area is 129 Å². The Kier molecular flexibility index (Phi) is 7.31. The smallest absolute Gasteiger partial charge is 0.193 e. The van der Waals surface area contributed by atoms with Gasteiger partial charge >= 0.3 is 0 Å². The first-order valence-corrected chi connectivity index (χ1v) is 8.34. The quantitative estimate of drug-likeness (QED) is 0.657. The maximum Gasteiger partial charge on any atom is 0.193 e. The predicted octanol–water partition coefficient (Wildman–Crippen LogP) is 3.21. The zero-order valence-corrected chi connectivity index (χ0v) is 14.4. The van der Waals surface area contributed by atoms with E-state index in [-0.39, 0.29) is 0 Å². The summed E-state index contributed by atoms with van der Waals surface area (Å²) < 4.78 is 1.11. The molecule has 1 atom stereocenters. The van der Waals surface area contributed by atoms with Gasteiger partial charge in [0.25, 0.3) is 0 Å². The van der Waals surface area contributed by atoms with Crippen LogP contribution >= 0.6 is 27.7 Å². The molecule has 0 saturated heterocycles. The minimum Gasteiger partial charge on any atom is -0.355 e. The van der Waals surface area contributed by atoms with Crippen molar-refractivity contribution in [2.24, 2.45) is 4.99 Å². The molecule has 1 N–H and O–H groups in total. The third kappa shape index (κ3) is 5.87. The average Bonchev–Trinajstić information content (AvgIpc) is 2.41. The molecule has 3 nitrogen and oxygen atoms in total. The van der Waals surface area contributed by atoms with E-state index in [1.807, 2.05) is 18.8 Å². The number of halogens is 1. The Balaban J connectivity index is 2.54. The van der Waals surface area contributed by atoms with Gasteiger partial charge in [-0.2, -0.15) is 11.8 Å². The summed E-state index contributed by atoms with van der Waals surface area (Å²) in [7, 11) is 3.88. The molecule has 0 aliphatic heterocycles. The summed E-state index contributed by atoms with van der Waals surface area (Å²) in [5.41, 5.74) is 1.27. The summed E-state index contributed by atoms with van der Waals surface area (Å²) in [6.45, 7) is 3.98. The second kappa shape index (κ2) is 8.48. The van der Waals surface area contributed by atoms with Crippen LogP contribution < -0.4 is 5.32 Å². The summed E-state index contributed by atoms with van der Waals surface area (Å²) in [5.74, 6) is 0.934. The van der Waals surface area contributed by atoms with Gasteiger partial charge in [-0.15, -0.1) is 0 Å². The van der Waals surface area contributed by atoms with Gasteiger partial charge in [-0.25, -0.2) is 0 Å². The van der Waals surface area contributed by atoms with Crippen LogP contribution in [0.25, 0.3) is 0 Å². The summed E-state index contributed by atoms with van der Waals surface area (Å²) in [5, 5.41) is 3.98. The highest BCUT2D eigenvalue weighted by atomic mass is 79.9. The minimum absolute atomic E-state index is 0.581. The predicted molar refractivity (Wildman–Crippen MR) is 89.9 cm³/mol. The van der Waals surface area contributed by atoms with Crippen molar-refractivity contribution in [1.82, 2.24) is 10.2 Å². The molecule has 0 bridgehead atoms. The van der Waals surface area contributed by atoms with Crippen LogP contribution in [0.3, 0.4) is 0 Å². The topological polar surface area (TPSA) is 27.6 Å². The maximum atomic E-state index is 4.32. The van der Waals surface area contributed by atoms with Gasteiger partial charge in [-0.3, -0.25) is 4.99 Å². The van der Waals surface area contributed by atoms with Crippen LogP contribution in [-0.4, -0.2) is 43.0 Å². The molecule has 0 spiro atoms. The molecule has 0 saturated carbocycles. The number of guanidine groups is 1. The van der Waals surface area contributed by atoms with Crippen LogP contribution in [0.4, 0.5) is 0 Å². The third-order valence-corrected chi connectivity index (χ3v) is 4.36. The molecular weight excluding hydrogens is 322 g/mol. The van der Waals surface area contributed by atoms with E-state index in [9.17, 15) is 0 Å². The number of thioether (sulfide) groups is 1. The highest BCUT2D eigenvalue weighted by Gasteiger charge is 2.08. The van der Waals surface area contributed by atoms with Crippen LogP contribution in [0.15, 0.2) is 33.7 Å². The van der Waals surface area contributed by atoms with Crippen molar-refractivity contribution in [2.45, 2.75) is 18.7 Å². The minimum atomic E-state index is 0.581. The van der Waals surface area contributed by atoms with Crippen molar-refractivity contribution in [2.75, 3.05) is 26.9 Å². The van der Waals surface area contributed by atoms with Gasteiger partial charge in [0.2, 0.25) is 0 Å². The molecule has 106 valence electrons. The number of aliphatic imine (C=N–C) groups is 1. The summed E-state index contributed by atoms with van der Waals surface area (Å²) >= 11 is 5.30. The van der Waals surface area contributed by atoms with Crippen molar-refractivity contribution < 1.29 is 0 Å². The fourth-order valence-corrected chi connectivity index (χ4v) is 2.16. The van der Waals surface area contributed by atoms with Gasteiger partial charge in [0.15, 0.2) is 5.96 Å². The second-order valence-corrected chi connectivity index (χ2v) is 6.65. The summed E-state index contributed by atoms with van der Waals surface area (Å²) in [6, 6.07) is 8.38. The largest absolute Gasteiger partial charge is 0.355 e. The van der Waals surface area contributed by atoms with Crippen molar-refractivity contribution in [1.29, 1.82) is 0 Å². The molecule has 1 aromatic carbocycles. The zero-order chi connectivity index (χ0) is 14.3. The Morgan fingerprint density at radius 2 is 2.05 bits per heavy atom. The molecule has 0 aromatic heterocycles. The van der Waals surface area contributed by atoms with E-state index >= 15 is 0 Å². The van der Waals surface area contributed by atoms with E-state index in [2.05, 4.69) is 75.6 Å². The molecule has 0 aliphatic carbocycles. The van der Waals surface area contributed by atoms with Crippen LogP contribution in [0.5, 0.6) is 0 Å². The number of hydrogen-bond donors (Lipinski definition) is 1. The van der Waals surface area contributed by atoms with E-state index in [1.165, 1.54) is 5.56 Å². The number of nitrogens with zero attached hydrogens (tertiary/aromatic N) is 2. The molecule has 1 unspecified atom stereocenters. The summed E-state index contributed by atoms with van der Waals surface area (Å²) in [4.78, 5) is 6.46. The van der Waals surface area contributed by atoms with Gasteiger partial charge < -0.3 is 10.2 Å². The molecule has 1 rings (SSSR count). The number of benzene rings is 1. The van der Waals surface area contributed by atoms with E-state index < -0.39 is 0 Å². The number of nitrogens with one attached hydrogen (secondary N) is 1. The average molecular weight is 344 g/mol. The molecule has 0 aliphatic rings. The second-order valence-electron chi connectivity index (χ2n) is 4.46. The zero-order valence-electron chi connectivity index (χ0n) is 12.0. The lowest BCUT2D eigenvalue weighted by Crippen LogP contribution is -2.40. The Morgan fingerprint density at radius 1 is 1.42 bits per heavy atom. The van der Waals surface area contributed by atoms with Crippen LogP contribution in [0, 0.1) is 0 Å². The molecular formula is C14H22BrN3S. The molecule has 19 heavy (non-hydrogen) atoms. The summed E-state index contributed by atoms with van der Waals surface area (Å²) in [6.07, 6.45) is 2.13. The van der Waals surface area contributed by atoms with Gasteiger partial charge in [0, 0.05) is 36.9 Å². The van der Waals surface area contributed by atoms with Crippen molar-refractivity contribution >= 4 is 33.7 Å². The van der Waals surface area contributed by atoms with Gasteiger partial charge in [-0.1, -0.05) is 35.0 Å². The van der Waals surface area contributed by atoms with Crippen LogP contribution in [-0.2, 0) is 6.54 Å². The van der Waals surface area contributed by atoms with Crippen molar-refractivity contribution in [3.8, 4) is 0 Å². The lowest BCUT2D eigenvalue weighted by molar-refractivity contribution is 0.477. The Bertz CT molecular complexity index is 406. The monoisotopic (exact) mass is 343 g/mol. The van der Waals surface area contributed by atoms with Gasteiger partial charge in [-0.05, 0) is 24.0 Å². The molecule has 0 amide bonds. The lowest BCUT2D eigenvalue weighted by atomic mass is 10.2. The van der Waals surface area contributed by atoms with E-state index in [0.29, 0.717) is 5.25 Å². The van der Waals surface area contributed by atoms with Gasteiger partial charge in [0.1, 0.15) is 0 Å². The van der Waals surface area contributed by atoms with Gasteiger partial charge in [0.05, 0.1) is 0 Å². The highest BCUT2D eigenvalue weighted by Crippen LogP contribution is 2.12. The normalized spacial score (nSPS) is 13.2. The molecule has 0 radical (unpaired) electrons. The standard InChI is InChI=1S/C14H22BrN3S/c1-11(19-4)9-17-14(16-2)18(3)10-12-5-7-13(15)8-6-12/h5-8,11H,9-10H2,1-4H3,(H,16,17). The number of rotatable bonds is 5. The Hall–Kier alpha value is -0.680. The highest BCUT2D eigenvalue weighted by molar-refractivity contribution is 9.10. The first-order valence-electron chi connectivity index (χ1n) is 6.25. The van der Waals surface area contributed by atoms with Crippen molar-refractivity contribution in [3.05, 3.63) is 34.3 Å². The van der Waals surface area contributed by atoms with Crippen molar-refractivity contribution in [3.63, 3.8) is 0 Å². The molecule has 5 heteroatoms. The molecule has 0 fully saturated rings. The van der Waals surface area contributed by atoms with E-state index in [0.717, 1.165) is 23.5 Å². The maximum absolute atomic E-state index is 4.32. The fourth-order valence-electron chi connectivity index (χ4n) is 1.64.